The lowest BCUT2D eigenvalue weighted by Crippen LogP contribution is -2.44. The SMILES string of the molecule is c1ccc(Cc2nc(N3CCNCC3)c3c(-c4cccc(Oc5ccccc5)c4)noc3n2)cc1. The molecule has 5 aromatic rings. The average molecular weight is 464 g/mol. The lowest BCUT2D eigenvalue weighted by molar-refractivity contribution is 0.450. The number of benzene rings is 3. The zero-order valence-corrected chi connectivity index (χ0v) is 19.2. The lowest BCUT2D eigenvalue weighted by atomic mass is 10.1. The molecule has 0 spiro atoms. The van der Waals surface area contributed by atoms with Gasteiger partial charge in [0.25, 0.3) is 5.71 Å². The first kappa shape index (κ1) is 21.3. The summed E-state index contributed by atoms with van der Waals surface area (Å²) < 4.78 is 11.8. The third-order valence-electron chi connectivity index (χ3n) is 6.07. The first-order valence-corrected chi connectivity index (χ1v) is 11.8. The molecular weight excluding hydrogens is 438 g/mol. The Morgan fingerprint density at radius 3 is 2.37 bits per heavy atom. The number of hydrogen-bond donors (Lipinski definition) is 1. The van der Waals surface area contributed by atoms with E-state index >= 15 is 0 Å². The molecule has 3 aromatic carbocycles. The summed E-state index contributed by atoms with van der Waals surface area (Å²) in [6, 6.07) is 27.9. The number of aromatic nitrogens is 3. The number of nitrogens with zero attached hydrogens (tertiary/aromatic N) is 4. The molecule has 0 amide bonds. The molecule has 0 atom stereocenters. The summed E-state index contributed by atoms with van der Waals surface area (Å²) in [5, 5.41) is 8.69. The van der Waals surface area contributed by atoms with E-state index in [1.54, 1.807) is 0 Å². The van der Waals surface area contributed by atoms with Gasteiger partial charge in [-0.25, -0.2) is 4.98 Å². The van der Waals surface area contributed by atoms with E-state index in [1.165, 1.54) is 0 Å². The van der Waals surface area contributed by atoms with Crippen LogP contribution in [0.4, 0.5) is 5.82 Å². The Morgan fingerprint density at radius 2 is 1.57 bits per heavy atom. The molecular formula is C28H25N5O2. The first-order chi connectivity index (χ1) is 17.3. The summed E-state index contributed by atoms with van der Waals surface area (Å²) in [6.45, 7) is 3.53. The maximum absolute atomic E-state index is 6.05. The Hall–Kier alpha value is -4.23. The van der Waals surface area contributed by atoms with E-state index in [0.717, 1.165) is 71.5 Å². The monoisotopic (exact) mass is 463 g/mol. The molecule has 0 radical (unpaired) electrons. The minimum Gasteiger partial charge on any atom is -0.457 e. The largest absolute Gasteiger partial charge is 0.457 e. The van der Waals surface area contributed by atoms with Crippen molar-refractivity contribution in [3.05, 3.63) is 96.3 Å². The molecule has 1 fully saturated rings. The number of hydrogen-bond acceptors (Lipinski definition) is 7. The van der Waals surface area contributed by atoms with Gasteiger partial charge in [0.2, 0.25) is 0 Å². The molecule has 3 heterocycles. The van der Waals surface area contributed by atoms with Gasteiger partial charge < -0.3 is 19.5 Å². The van der Waals surface area contributed by atoms with Gasteiger partial charge in [0.15, 0.2) is 0 Å². The predicted molar refractivity (Wildman–Crippen MR) is 136 cm³/mol. The van der Waals surface area contributed by atoms with Gasteiger partial charge in [0.05, 0.1) is 0 Å². The van der Waals surface area contributed by atoms with Gasteiger partial charge in [0.1, 0.15) is 34.2 Å². The summed E-state index contributed by atoms with van der Waals surface area (Å²) in [5.41, 5.74) is 3.28. The van der Waals surface area contributed by atoms with E-state index in [2.05, 4.69) is 27.5 Å². The average Bonchev–Trinajstić information content (AvgIpc) is 3.34. The van der Waals surface area contributed by atoms with Crippen molar-refractivity contribution < 1.29 is 9.26 Å². The fraction of sp³-hybridized carbons (Fsp3) is 0.179. The van der Waals surface area contributed by atoms with E-state index in [1.807, 2.05) is 72.8 Å². The quantitative estimate of drug-likeness (QED) is 0.376. The van der Waals surface area contributed by atoms with Crippen molar-refractivity contribution in [1.82, 2.24) is 20.4 Å². The molecule has 0 aliphatic carbocycles. The summed E-state index contributed by atoms with van der Waals surface area (Å²) in [4.78, 5) is 12.1. The van der Waals surface area contributed by atoms with Crippen LogP contribution in [0.1, 0.15) is 11.4 Å². The number of fused-ring (bicyclic) bond motifs is 1. The summed E-state index contributed by atoms with van der Waals surface area (Å²) >= 11 is 0. The van der Waals surface area contributed by atoms with Gasteiger partial charge in [-0.1, -0.05) is 65.8 Å². The second-order valence-electron chi connectivity index (χ2n) is 8.52. The maximum atomic E-state index is 6.05. The highest BCUT2D eigenvalue weighted by atomic mass is 16.5. The Labute approximate surface area is 203 Å². The van der Waals surface area contributed by atoms with Gasteiger partial charge >= 0.3 is 0 Å². The van der Waals surface area contributed by atoms with Crippen molar-refractivity contribution in [1.29, 1.82) is 0 Å². The molecule has 2 aromatic heterocycles. The van der Waals surface area contributed by atoms with Crippen molar-refractivity contribution >= 4 is 16.9 Å². The molecule has 6 rings (SSSR count). The maximum Gasteiger partial charge on any atom is 0.263 e. The molecule has 0 bridgehead atoms. The van der Waals surface area contributed by atoms with Crippen LogP contribution in [-0.4, -0.2) is 41.3 Å². The van der Waals surface area contributed by atoms with Gasteiger partial charge in [-0.2, -0.15) is 4.98 Å². The van der Waals surface area contributed by atoms with Gasteiger partial charge in [-0.05, 0) is 29.8 Å². The minimum absolute atomic E-state index is 0.504. The van der Waals surface area contributed by atoms with E-state index in [-0.39, 0.29) is 0 Å². The fourth-order valence-electron chi connectivity index (χ4n) is 4.37. The second kappa shape index (κ2) is 9.56. The number of nitrogens with one attached hydrogen (secondary N) is 1. The molecule has 1 N–H and O–H groups in total. The molecule has 1 aliphatic rings. The highest BCUT2D eigenvalue weighted by Gasteiger charge is 2.24. The molecule has 1 aliphatic heterocycles. The number of anilines is 1. The number of ether oxygens (including phenoxy) is 1. The highest BCUT2D eigenvalue weighted by molar-refractivity contribution is 5.98. The van der Waals surface area contributed by atoms with Crippen LogP contribution in [0.25, 0.3) is 22.4 Å². The van der Waals surface area contributed by atoms with Gasteiger partial charge in [-0.3, -0.25) is 0 Å². The van der Waals surface area contributed by atoms with E-state index in [4.69, 9.17) is 19.2 Å². The van der Waals surface area contributed by atoms with E-state index in [9.17, 15) is 0 Å². The molecule has 35 heavy (non-hydrogen) atoms. The van der Waals surface area contributed by atoms with Gasteiger partial charge in [0, 0.05) is 38.2 Å². The Balaban J connectivity index is 1.42. The summed E-state index contributed by atoms with van der Waals surface area (Å²) in [7, 11) is 0. The summed E-state index contributed by atoms with van der Waals surface area (Å²) in [6.07, 6.45) is 0.631. The zero-order chi connectivity index (χ0) is 23.5. The van der Waals surface area contributed by atoms with E-state index in [0.29, 0.717) is 12.1 Å². The Bertz CT molecular complexity index is 1430. The van der Waals surface area contributed by atoms with Crippen LogP contribution in [0, 0.1) is 0 Å². The highest BCUT2D eigenvalue weighted by Crippen LogP contribution is 2.36. The van der Waals surface area contributed by atoms with Crippen LogP contribution < -0.4 is 15.0 Å². The second-order valence-corrected chi connectivity index (χ2v) is 8.52. The van der Waals surface area contributed by atoms with Crippen molar-refractivity contribution in [2.24, 2.45) is 0 Å². The predicted octanol–water partition coefficient (Wildman–Crippen LogP) is 5.08. The van der Waals surface area contributed by atoms with Crippen LogP contribution in [0.2, 0.25) is 0 Å². The van der Waals surface area contributed by atoms with Crippen molar-refractivity contribution in [3.63, 3.8) is 0 Å². The lowest BCUT2D eigenvalue weighted by Gasteiger charge is -2.29. The molecule has 7 heteroatoms. The van der Waals surface area contributed by atoms with Crippen molar-refractivity contribution in [2.75, 3.05) is 31.1 Å². The Morgan fingerprint density at radius 1 is 0.829 bits per heavy atom. The molecule has 174 valence electrons. The standard InChI is InChI=1S/C28H25N5O2/c1-3-8-20(9-4-1)18-24-30-27(33-16-14-29-15-17-33)25-26(32-35-28(25)31-24)21-10-7-13-23(19-21)34-22-11-5-2-6-12-22/h1-13,19,29H,14-18H2. The third kappa shape index (κ3) is 4.58. The van der Waals surface area contributed by atoms with Crippen LogP contribution in [0.3, 0.4) is 0 Å². The van der Waals surface area contributed by atoms with Gasteiger partial charge in [-0.15, -0.1) is 0 Å². The normalized spacial score (nSPS) is 13.8. The van der Waals surface area contributed by atoms with Crippen LogP contribution in [-0.2, 0) is 6.42 Å². The smallest absolute Gasteiger partial charge is 0.263 e. The zero-order valence-electron chi connectivity index (χ0n) is 19.2. The minimum atomic E-state index is 0.504. The third-order valence-corrected chi connectivity index (χ3v) is 6.07. The van der Waals surface area contributed by atoms with Crippen molar-refractivity contribution in [3.8, 4) is 22.8 Å². The van der Waals surface area contributed by atoms with Crippen LogP contribution in [0.5, 0.6) is 11.5 Å². The Kier molecular flexibility index (Phi) is 5.82. The molecule has 7 nitrogen and oxygen atoms in total. The fourth-order valence-corrected chi connectivity index (χ4v) is 4.37. The van der Waals surface area contributed by atoms with E-state index < -0.39 is 0 Å². The van der Waals surface area contributed by atoms with Crippen LogP contribution in [0.15, 0.2) is 89.5 Å². The first-order valence-electron chi connectivity index (χ1n) is 11.8. The van der Waals surface area contributed by atoms with Crippen LogP contribution >= 0.6 is 0 Å². The van der Waals surface area contributed by atoms with Crippen molar-refractivity contribution in [2.45, 2.75) is 6.42 Å². The topological polar surface area (TPSA) is 76.3 Å². The summed E-state index contributed by atoms with van der Waals surface area (Å²) in [5.74, 6) is 3.11. The number of piperazine rings is 1. The number of para-hydroxylation sites is 1. The molecule has 0 unspecified atom stereocenters. The molecule has 1 saturated heterocycles. The molecule has 0 saturated carbocycles. The number of rotatable bonds is 6.